The van der Waals surface area contributed by atoms with Gasteiger partial charge in [0.1, 0.15) is 22.7 Å². The Bertz CT molecular complexity index is 1910. The van der Waals surface area contributed by atoms with Crippen LogP contribution in [0.5, 0.6) is 11.5 Å². The molecular weight excluding hydrogens is 392 g/mol. The Morgan fingerprint density at radius 3 is 2.25 bits per heavy atom. The van der Waals surface area contributed by atoms with Crippen LogP contribution in [-0.4, -0.2) is 0 Å². The minimum atomic E-state index is 0.918. The molecule has 0 bridgehead atoms. The maximum absolute atomic E-state index is 6.38. The van der Waals surface area contributed by atoms with E-state index in [1.54, 1.807) is 0 Å². The van der Waals surface area contributed by atoms with Crippen molar-refractivity contribution in [2.75, 3.05) is 0 Å². The third-order valence-electron chi connectivity index (χ3n) is 6.83. The largest absolute Gasteiger partial charge is 0.456 e. The summed E-state index contributed by atoms with van der Waals surface area (Å²) in [5.74, 6) is 1.86. The summed E-state index contributed by atoms with van der Waals surface area (Å²) in [6.45, 7) is 0. The first-order valence-corrected chi connectivity index (χ1v) is 10.9. The lowest BCUT2D eigenvalue weighted by Crippen LogP contribution is -1.96. The Balaban J connectivity index is 1.50. The van der Waals surface area contributed by atoms with Gasteiger partial charge in [-0.15, -0.1) is 0 Å². The minimum Gasteiger partial charge on any atom is -0.456 e. The molecule has 0 amide bonds. The number of hydrogen-bond donors (Lipinski definition) is 0. The van der Waals surface area contributed by atoms with Crippen LogP contribution in [0.1, 0.15) is 0 Å². The highest BCUT2D eigenvalue weighted by Gasteiger charge is 2.21. The molecule has 1 aliphatic rings. The Morgan fingerprint density at radius 1 is 0.469 bits per heavy atom. The average Bonchev–Trinajstić information content (AvgIpc) is 3.22. The smallest absolute Gasteiger partial charge is 0.135 e. The van der Waals surface area contributed by atoms with Crippen molar-refractivity contribution in [3.63, 3.8) is 0 Å². The van der Waals surface area contributed by atoms with Gasteiger partial charge in [0, 0.05) is 26.9 Å². The second-order valence-electron chi connectivity index (χ2n) is 8.53. The normalized spacial score (nSPS) is 12.6. The van der Waals surface area contributed by atoms with Crippen molar-refractivity contribution in [2.24, 2.45) is 0 Å². The molecule has 0 aliphatic carbocycles. The Labute approximate surface area is 183 Å². The lowest BCUT2D eigenvalue weighted by molar-refractivity contribution is 0.493. The highest BCUT2D eigenvalue weighted by atomic mass is 16.5. The molecule has 1 aromatic heterocycles. The summed E-state index contributed by atoms with van der Waals surface area (Å²) in [5, 5.41) is 9.65. The number of rotatable bonds is 1. The van der Waals surface area contributed by atoms with E-state index in [1.165, 1.54) is 43.4 Å². The molecule has 8 rings (SSSR count). The lowest BCUT2D eigenvalue weighted by atomic mass is 9.90. The fraction of sp³-hybridized carbons (Fsp3) is 0. The molecule has 2 heteroatoms. The van der Waals surface area contributed by atoms with E-state index in [1.807, 2.05) is 12.1 Å². The van der Waals surface area contributed by atoms with Gasteiger partial charge >= 0.3 is 0 Å². The standard InChI is InChI=1S/C30H16O2/c1-2-6-24-21(5-1)23-16-19(11-14-25(23)31-24)20-13-15-27-30-22(20)12-10-18-9-8-17-4-3-7-26(32-27)28(17)29(18)30/h1-16H. The van der Waals surface area contributed by atoms with E-state index in [0.717, 1.165) is 33.4 Å². The molecule has 0 N–H and O–H groups in total. The quantitative estimate of drug-likeness (QED) is 0.253. The average molecular weight is 408 g/mol. The van der Waals surface area contributed by atoms with Crippen molar-refractivity contribution in [2.45, 2.75) is 0 Å². The summed E-state index contributed by atoms with van der Waals surface area (Å²) in [6.07, 6.45) is 0. The number of fused-ring (bicyclic) bond motifs is 3. The Kier molecular flexibility index (Phi) is 2.91. The van der Waals surface area contributed by atoms with E-state index in [0.29, 0.717) is 0 Å². The number of para-hydroxylation sites is 1. The minimum absolute atomic E-state index is 0.918. The third-order valence-corrected chi connectivity index (χ3v) is 6.83. The second kappa shape index (κ2) is 5.68. The molecule has 148 valence electrons. The zero-order valence-electron chi connectivity index (χ0n) is 17.1. The SMILES string of the molecule is c1cc2c3c(c1)ccc1ccc4c(-c5ccc6oc7ccccc7c6c5)ccc(c4c13)O2. The van der Waals surface area contributed by atoms with E-state index < -0.39 is 0 Å². The van der Waals surface area contributed by atoms with Crippen LogP contribution in [0.4, 0.5) is 0 Å². The summed E-state index contributed by atoms with van der Waals surface area (Å²) in [6, 6.07) is 34.2. The maximum Gasteiger partial charge on any atom is 0.135 e. The Hall–Kier alpha value is -4.30. The number of hydrogen-bond acceptors (Lipinski definition) is 2. The molecule has 0 fully saturated rings. The predicted molar refractivity (Wildman–Crippen MR) is 132 cm³/mol. The van der Waals surface area contributed by atoms with Crippen molar-refractivity contribution in [1.82, 2.24) is 0 Å². The van der Waals surface area contributed by atoms with Crippen molar-refractivity contribution in [3.05, 3.63) is 97.1 Å². The van der Waals surface area contributed by atoms with Gasteiger partial charge in [-0.25, -0.2) is 0 Å². The molecule has 0 saturated carbocycles. The first kappa shape index (κ1) is 16.4. The molecule has 1 aliphatic heterocycles. The van der Waals surface area contributed by atoms with Gasteiger partial charge in [0.25, 0.3) is 0 Å². The van der Waals surface area contributed by atoms with Gasteiger partial charge < -0.3 is 9.15 Å². The highest BCUT2D eigenvalue weighted by Crippen LogP contribution is 2.49. The molecule has 0 spiro atoms. The number of ether oxygens (including phenoxy) is 1. The third kappa shape index (κ3) is 1.99. The van der Waals surface area contributed by atoms with Gasteiger partial charge in [-0.3, -0.25) is 0 Å². The molecular formula is C30H16O2. The number of benzene rings is 6. The van der Waals surface area contributed by atoms with Gasteiger partial charge in [0.05, 0.1) is 0 Å². The van der Waals surface area contributed by atoms with E-state index in [4.69, 9.17) is 9.15 Å². The monoisotopic (exact) mass is 408 g/mol. The molecule has 0 saturated heterocycles. The van der Waals surface area contributed by atoms with Crippen LogP contribution in [0.3, 0.4) is 0 Å². The van der Waals surface area contributed by atoms with Crippen LogP contribution in [0.15, 0.2) is 101 Å². The summed E-state index contributed by atoms with van der Waals surface area (Å²) < 4.78 is 12.4. The van der Waals surface area contributed by atoms with E-state index >= 15 is 0 Å². The molecule has 0 radical (unpaired) electrons. The van der Waals surface area contributed by atoms with Gasteiger partial charge in [-0.05, 0) is 57.6 Å². The Morgan fingerprint density at radius 2 is 1.28 bits per heavy atom. The van der Waals surface area contributed by atoms with Crippen LogP contribution < -0.4 is 4.74 Å². The van der Waals surface area contributed by atoms with Gasteiger partial charge in [-0.1, -0.05) is 66.7 Å². The van der Waals surface area contributed by atoms with E-state index in [9.17, 15) is 0 Å². The fourth-order valence-corrected chi connectivity index (χ4v) is 5.41. The van der Waals surface area contributed by atoms with E-state index in [-0.39, 0.29) is 0 Å². The lowest BCUT2D eigenvalue weighted by Gasteiger charge is -2.21. The van der Waals surface area contributed by atoms with E-state index in [2.05, 4.69) is 84.9 Å². The summed E-state index contributed by atoms with van der Waals surface area (Å²) >= 11 is 0. The fourth-order valence-electron chi connectivity index (χ4n) is 5.41. The summed E-state index contributed by atoms with van der Waals surface area (Å²) in [5.41, 5.74) is 4.23. The van der Waals surface area contributed by atoms with Crippen LogP contribution >= 0.6 is 0 Å². The molecule has 2 nitrogen and oxygen atoms in total. The summed E-state index contributed by atoms with van der Waals surface area (Å²) in [7, 11) is 0. The van der Waals surface area contributed by atoms with Gasteiger partial charge in [0.2, 0.25) is 0 Å². The molecule has 6 aromatic carbocycles. The van der Waals surface area contributed by atoms with Crippen LogP contribution in [0.25, 0.3) is 65.4 Å². The van der Waals surface area contributed by atoms with Crippen molar-refractivity contribution < 1.29 is 9.15 Å². The van der Waals surface area contributed by atoms with Gasteiger partial charge in [0.15, 0.2) is 0 Å². The second-order valence-corrected chi connectivity index (χ2v) is 8.53. The van der Waals surface area contributed by atoms with Crippen LogP contribution in [-0.2, 0) is 0 Å². The van der Waals surface area contributed by atoms with Crippen LogP contribution in [0.2, 0.25) is 0 Å². The first-order chi connectivity index (χ1) is 15.8. The van der Waals surface area contributed by atoms with Crippen molar-refractivity contribution in [3.8, 4) is 22.6 Å². The molecule has 0 atom stereocenters. The summed E-state index contributed by atoms with van der Waals surface area (Å²) in [4.78, 5) is 0. The van der Waals surface area contributed by atoms with Crippen molar-refractivity contribution >= 4 is 54.3 Å². The predicted octanol–water partition coefficient (Wildman–Crippen LogP) is 8.82. The van der Waals surface area contributed by atoms with Gasteiger partial charge in [-0.2, -0.15) is 0 Å². The molecule has 0 unspecified atom stereocenters. The topological polar surface area (TPSA) is 22.4 Å². The first-order valence-electron chi connectivity index (χ1n) is 10.9. The molecule has 32 heavy (non-hydrogen) atoms. The van der Waals surface area contributed by atoms with Crippen LogP contribution in [0, 0.1) is 0 Å². The zero-order chi connectivity index (χ0) is 20.8. The maximum atomic E-state index is 6.38. The molecule has 2 heterocycles. The number of furan rings is 1. The highest BCUT2D eigenvalue weighted by molar-refractivity contribution is 6.26. The molecule has 7 aromatic rings. The zero-order valence-corrected chi connectivity index (χ0v) is 17.1. The van der Waals surface area contributed by atoms with Crippen molar-refractivity contribution in [1.29, 1.82) is 0 Å².